The molecule has 6 nitrogen and oxygen atoms in total. The van der Waals surface area contributed by atoms with Crippen molar-refractivity contribution in [3.63, 3.8) is 0 Å². The van der Waals surface area contributed by atoms with Crippen LogP contribution in [0.15, 0.2) is 24.3 Å². The molecule has 0 spiro atoms. The molecule has 1 saturated heterocycles. The van der Waals surface area contributed by atoms with Crippen molar-refractivity contribution >= 4 is 28.8 Å². The number of carbonyl (C=O) groups is 3. The van der Waals surface area contributed by atoms with Crippen LogP contribution in [0.4, 0.5) is 9.18 Å². The first-order chi connectivity index (χ1) is 9.56. The minimum Gasteiger partial charge on any atom is -0.323 e. The van der Waals surface area contributed by atoms with E-state index in [0.717, 1.165) is 23.9 Å². The van der Waals surface area contributed by atoms with Crippen molar-refractivity contribution in [1.29, 1.82) is 0 Å². The fourth-order valence-electron chi connectivity index (χ4n) is 1.58. The summed E-state index contributed by atoms with van der Waals surface area (Å²) >= 11 is 1.15. The Bertz CT molecular complexity index is 535. The standard InChI is InChI=1S/C12H12FN3O3S/c13-9-3-1-8(2-4-9)11(18)15-14-10(17)7-16-5-6-20-12(16)19/h1-4H,5-7H2,(H,14,17)(H,15,18). The summed E-state index contributed by atoms with van der Waals surface area (Å²) in [5, 5.41) is -0.148. The van der Waals surface area contributed by atoms with Crippen molar-refractivity contribution in [2.24, 2.45) is 0 Å². The molecule has 2 rings (SSSR count). The van der Waals surface area contributed by atoms with Crippen molar-refractivity contribution in [2.45, 2.75) is 0 Å². The van der Waals surface area contributed by atoms with E-state index in [-0.39, 0.29) is 17.3 Å². The molecule has 0 radical (unpaired) electrons. The van der Waals surface area contributed by atoms with Crippen LogP contribution in [0.2, 0.25) is 0 Å². The second-order valence-corrected chi connectivity index (χ2v) is 5.09. The van der Waals surface area contributed by atoms with Gasteiger partial charge in [0.2, 0.25) is 0 Å². The summed E-state index contributed by atoms with van der Waals surface area (Å²) in [6.07, 6.45) is 0. The Morgan fingerprint density at radius 1 is 1.25 bits per heavy atom. The first-order valence-corrected chi connectivity index (χ1v) is 6.81. The molecule has 0 aromatic heterocycles. The number of hydrogen-bond acceptors (Lipinski definition) is 4. The molecule has 1 aliphatic heterocycles. The summed E-state index contributed by atoms with van der Waals surface area (Å²) in [6, 6.07) is 4.91. The zero-order valence-corrected chi connectivity index (χ0v) is 11.2. The Labute approximate surface area is 118 Å². The lowest BCUT2D eigenvalue weighted by molar-refractivity contribution is -0.122. The van der Waals surface area contributed by atoms with Gasteiger partial charge in [-0.2, -0.15) is 0 Å². The third-order valence-electron chi connectivity index (χ3n) is 2.60. The Balaban J connectivity index is 1.79. The fourth-order valence-corrected chi connectivity index (χ4v) is 2.41. The predicted octanol–water partition coefficient (Wildman–Crippen LogP) is 0.755. The molecule has 0 bridgehead atoms. The second kappa shape index (κ2) is 6.38. The minimum absolute atomic E-state index is 0.102. The van der Waals surface area contributed by atoms with Gasteiger partial charge < -0.3 is 4.90 Å². The molecule has 0 unspecified atom stereocenters. The molecule has 1 fully saturated rings. The van der Waals surface area contributed by atoms with Gasteiger partial charge >= 0.3 is 0 Å². The highest BCUT2D eigenvalue weighted by Crippen LogP contribution is 2.16. The summed E-state index contributed by atoms with van der Waals surface area (Å²) in [7, 11) is 0. The van der Waals surface area contributed by atoms with Crippen LogP contribution in [0.25, 0.3) is 0 Å². The highest BCUT2D eigenvalue weighted by atomic mass is 32.2. The lowest BCUT2D eigenvalue weighted by atomic mass is 10.2. The summed E-state index contributed by atoms with van der Waals surface area (Å²) in [5.41, 5.74) is 4.63. The van der Waals surface area contributed by atoms with Gasteiger partial charge in [0.25, 0.3) is 17.1 Å². The molecule has 20 heavy (non-hydrogen) atoms. The van der Waals surface area contributed by atoms with E-state index in [2.05, 4.69) is 10.9 Å². The fraction of sp³-hybridized carbons (Fsp3) is 0.250. The summed E-state index contributed by atoms with van der Waals surface area (Å²) < 4.78 is 12.7. The SMILES string of the molecule is O=C(CN1CCSC1=O)NNC(=O)c1ccc(F)cc1. The van der Waals surface area contributed by atoms with E-state index in [0.29, 0.717) is 12.3 Å². The average molecular weight is 297 g/mol. The van der Waals surface area contributed by atoms with Gasteiger partial charge in [-0.15, -0.1) is 0 Å². The molecule has 1 aromatic rings. The van der Waals surface area contributed by atoms with Gasteiger partial charge in [-0.25, -0.2) is 4.39 Å². The van der Waals surface area contributed by atoms with Gasteiger partial charge in [0.15, 0.2) is 0 Å². The van der Waals surface area contributed by atoms with Gasteiger partial charge in [-0.05, 0) is 24.3 Å². The molecule has 0 atom stereocenters. The number of nitrogens with one attached hydrogen (secondary N) is 2. The maximum Gasteiger partial charge on any atom is 0.282 e. The highest BCUT2D eigenvalue weighted by molar-refractivity contribution is 8.13. The second-order valence-electron chi connectivity index (χ2n) is 4.05. The quantitative estimate of drug-likeness (QED) is 0.807. The molecule has 0 aliphatic carbocycles. The lowest BCUT2D eigenvalue weighted by Crippen LogP contribution is -2.46. The largest absolute Gasteiger partial charge is 0.323 e. The monoisotopic (exact) mass is 297 g/mol. The van der Waals surface area contributed by atoms with Crippen LogP contribution in [0.5, 0.6) is 0 Å². The van der Waals surface area contributed by atoms with E-state index in [1.165, 1.54) is 17.0 Å². The maximum absolute atomic E-state index is 12.7. The van der Waals surface area contributed by atoms with Crippen LogP contribution in [0.1, 0.15) is 10.4 Å². The van der Waals surface area contributed by atoms with Gasteiger partial charge in [-0.3, -0.25) is 25.2 Å². The van der Waals surface area contributed by atoms with Crippen LogP contribution in [0, 0.1) is 5.82 Å². The molecule has 1 heterocycles. The number of amides is 3. The average Bonchev–Trinajstić information content (AvgIpc) is 2.82. The molecule has 1 aliphatic rings. The number of hydrazine groups is 1. The number of halogens is 1. The number of benzene rings is 1. The Morgan fingerprint density at radius 3 is 2.55 bits per heavy atom. The summed E-state index contributed by atoms with van der Waals surface area (Å²) in [4.78, 5) is 35.9. The van der Waals surface area contributed by atoms with Gasteiger partial charge in [0, 0.05) is 17.9 Å². The lowest BCUT2D eigenvalue weighted by Gasteiger charge is -2.14. The van der Waals surface area contributed by atoms with Crippen LogP contribution in [0.3, 0.4) is 0 Å². The first-order valence-electron chi connectivity index (χ1n) is 5.83. The van der Waals surface area contributed by atoms with Crippen LogP contribution >= 0.6 is 11.8 Å². The zero-order valence-electron chi connectivity index (χ0n) is 10.4. The molecule has 8 heteroatoms. The van der Waals surface area contributed by atoms with E-state index in [1.54, 1.807) is 0 Å². The molecule has 1 aromatic carbocycles. The molecule has 0 saturated carbocycles. The van der Waals surface area contributed by atoms with Gasteiger partial charge in [0.1, 0.15) is 12.4 Å². The maximum atomic E-state index is 12.7. The molecular formula is C12H12FN3O3S. The van der Waals surface area contributed by atoms with Crippen molar-refractivity contribution in [3.8, 4) is 0 Å². The summed E-state index contributed by atoms with van der Waals surface area (Å²) in [5.74, 6) is -0.832. The van der Waals surface area contributed by atoms with Gasteiger partial charge in [0.05, 0.1) is 0 Å². The van der Waals surface area contributed by atoms with Crippen molar-refractivity contribution in [1.82, 2.24) is 15.8 Å². The first kappa shape index (κ1) is 14.3. The topological polar surface area (TPSA) is 78.5 Å². The smallest absolute Gasteiger partial charge is 0.282 e. The van der Waals surface area contributed by atoms with Crippen molar-refractivity contribution in [2.75, 3.05) is 18.8 Å². The predicted molar refractivity (Wildman–Crippen MR) is 71.4 cm³/mol. The number of nitrogens with zero attached hydrogens (tertiary/aromatic N) is 1. The van der Waals surface area contributed by atoms with Crippen molar-refractivity contribution < 1.29 is 18.8 Å². The van der Waals surface area contributed by atoms with Crippen LogP contribution in [-0.2, 0) is 4.79 Å². The third-order valence-corrected chi connectivity index (χ3v) is 3.49. The Morgan fingerprint density at radius 2 is 1.95 bits per heavy atom. The van der Waals surface area contributed by atoms with Crippen LogP contribution < -0.4 is 10.9 Å². The van der Waals surface area contributed by atoms with E-state index in [1.807, 2.05) is 0 Å². The van der Waals surface area contributed by atoms with Crippen LogP contribution in [-0.4, -0.2) is 40.8 Å². The van der Waals surface area contributed by atoms with E-state index in [9.17, 15) is 18.8 Å². The zero-order chi connectivity index (χ0) is 14.5. The Hall–Kier alpha value is -2.09. The highest BCUT2D eigenvalue weighted by Gasteiger charge is 2.23. The molecular weight excluding hydrogens is 285 g/mol. The van der Waals surface area contributed by atoms with Crippen molar-refractivity contribution in [3.05, 3.63) is 35.6 Å². The number of thioether (sulfide) groups is 1. The number of carbonyl (C=O) groups excluding carboxylic acids is 3. The van der Waals surface area contributed by atoms with E-state index < -0.39 is 17.6 Å². The Kier molecular flexibility index (Phi) is 4.57. The molecule has 2 N–H and O–H groups in total. The third kappa shape index (κ3) is 3.70. The molecule has 106 valence electrons. The van der Waals surface area contributed by atoms with Gasteiger partial charge in [-0.1, -0.05) is 11.8 Å². The normalized spacial score (nSPS) is 14.2. The van der Waals surface area contributed by atoms with E-state index >= 15 is 0 Å². The molecule has 3 amide bonds. The summed E-state index contributed by atoms with van der Waals surface area (Å²) in [6.45, 7) is 0.415. The minimum atomic E-state index is -0.555. The number of rotatable bonds is 3. The van der Waals surface area contributed by atoms with E-state index in [4.69, 9.17) is 0 Å². The number of hydrogen-bond donors (Lipinski definition) is 2.